The van der Waals surface area contributed by atoms with Crippen LogP contribution in [0.3, 0.4) is 0 Å². The smallest absolute Gasteiger partial charge is 0.257 e. The quantitative estimate of drug-likeness (QED) is 0.468. The van der Waals surface area contributed by atoms with Crippen molar-refractivity contribution in [3.63, 3.8) is 0 Å². The van der Waals surface area contributed by atoms with Gasteiger partial charge in [-0.15, -0.1) is 12.4 Å². The van der Waals surface area contributed by atoms with Gasteiger partial charge in [0.1, 0.15) is 0 Å². The van der Waals surface area contributed by atoms with Crippen LogP contribution in [0.1, 0.15) is 51.5 Å². The van der Waals surface area contributed by atoms with E-state index in [9.17, 15) is 14.4 Å². The second-order valence-corrected chi connectivity index (χ2v) is 9.99. The first-order chi connectivity index (χ1) is 16.8. The van der Waals surface area contributed by atoms with Crippen molar-refractivity contribution in [1.82, 2.24) is 21.3 Å². The molecule has 0 saturated heterocycles. The molecule has 3 amide bonds. The molecule has 1 aliphatic heterocycles. The molecule has 0 spiro atoms. The van der Waals surface area contributed by atoms with Gasteiger partial charge in [0.2, 0.25) is 11.8 Å². The molecule has 36 heavy (non-hydrogen) atoms. The zero-order valence-electron chi connectivity index (χ0n) is 21.6. The Morgan fingerprint density at radius 3 is 2.64 bits per heavy atom. The van der Waals surface area contributed by atoms with Gasteiger partial charge in [-0.3, -0.25) is 14.4 Å². The first-order valence-electron chi connectivity index (χ1n) is 12.7. The Labute approximate surface area is 220 Å². The summed E-state index contributed by atoms with van der Waals surface area (Å²) in [6, 6.07) is 5.54. The second kappa shape index (κ2) is 14.3. The van der Waals surface area contributed by atoms with Crippen LogP contribution in [-0.2, 0) is 20.8 Å². The lowest BCUT2D eigenvalue weighted by Gasteiger charge is -2.34. The molecular formula is C26H41ClN4O5. The van der Waals surface area contributed by atoms with Crippen LogP contribution in [0.25, 0.3) is 0 Å². The fraction of sp³-hybridized carbons (Fsp3) is 0.654. The standard InChI is InChI=1S/C26H40N4O5.ClH/c1-18(2)30-25(33)26(14-19-6-7-19)15-20-8-9-21(34-3)22(13-20)35-16-24(32)28-12-11-27-10-4-5-23(31)29-17-26;/h8-9,13,18-19,27H,4-7,10-12,14-17H2,1-3H3,(H,28,32)(H,29,31)(H,30,33);1H. The fourth-order valence-electron chi connectivity index (χ4n) is 4.42. The van der Waals surface area contributed by atoms with E-state index in [0.717, 1.165) is 18.4 Å². The highest BCUT2D eigenvalue weighted by Crippen LogP contribution is 2.43. The van der Waals surface area contributed by atoms with E-state index in [1.807, 2.05) is 26.0 Å². The van der Waals surface area contributed by atoms with Gasteiger partial charge >= 0.3 is 0 Å². The third-order valence-corrected chi connectivity index (χ3v) is 6.41. The van der Waals surface area contributed by atoms with E-state index < -0.39 is 5.41 Å². The Morgan fingerprint density at radius 2 is 1.94 bits per heavy atom. The number of carbonyl (C=O) groups is 3. The molecule has 0 radical (unpaired) electrons. The highest BCUT2D eigenvalue weighted by molar-refractivity contribution is 5.85. The SMILES string of the molecule is COc1ccc2cc1OCC(=O)NCCNCCCC(=O)NCC(CC1CC1)(C(=O)NC(C)C)C2.Cl. The summed E-state index contributed by atoms with van der Waals surface area (Å²) in [5, 5.41) is 12.2. The molecular weight excluding hydrogens is 484 g/mol. The largest absolute Gasteiger partial charge is 0.493 e. The molecule has 1 saturated carbocycles. The van der Waals surface area contributed by atoms with Crippen molar-refractivity contribution in [2.45, 2.75) is 58.4 Å². The highest BCUT2D eigenvalue weighted by Gasteiger charge is 2.43. The molecule has 1 aliphatic carbocycles. The molecule has 2 bridgehead atoms. The zero-order valence-corrected chi connectivity index (χ0v) is 22.4. The second-order valence-electron chi connectivity index (χ2n) is 9.99. The van der Waals surface area contributed by atoms with E-state index in [-0.39, 0.29) is 49.3 Å². The zero-order chi connectivity index (χ0) is 25.3. The normalized spacial score (nSPS) is 22.1. The van der Waals surface area contributed by atoms with Crippen LogP contribution < -0.4 is 30.7 Å². The average Bonchev–Trinajstić information content (AvgIpc) is 3.63. The van der Waals surface area contributed by atoms with E-state index >= 15 is 0 Å². The number of nitrogens with one attached hydrogen (secondary N) is 4. The fourth-order valence-corrected chi connectivity index (χ4v) is 4.42. The van der Waals surface area contributed by atoms with Gasteiger partial charge in [0.25, 0.3) is 5.91 Å². The van der Waals surface area contributed by atoms with Crippen LogP contribution in [0.2, 0.25) is 0 Å². The lowest BCUT2D eigenvalue weighted by Crippen LogP contribution is -2.51. The Kier molecular flexibility index (Phi) is 11.8. The van der Waals surface area contributed by atoms with E-state index in [1.54, 1.807) is 13.2 Å². The lowest BCUT2D eigenvalue weighted by molar-refractivity contribution is -0.133. The molecule has 1 atom stereocenters. The maximum Gasteiger partial charge on any atom is 0.257 e. The number of halogens is 1. The Hall–Kier alpha value is -2.52. The van der Waals surface area contributed by atoms with Crippen LogP contribution in [-0.4, -0.2) is 63.7 Å². The number of benzene rings is 1. The third-order valence-electron chi connectivity index (χ3n) is 6.41. The maximum absolute atomic E-state index is 13.6. The number of hydrogen-bond acceptors (Lipinski definition) is 6. The van der Waals surface area contributed by atoms with Gasteiger partial charge in [-0.05, 0) is 63.3 Å². The first-order valence-corrected chi connectivity index (χ1v) is 12.7. The highest BCUT2D eigenvalue weighted by atomic mass is 35.5. The van der Waals surface area contributed by atoms with Crippen LogP contribution in [0.4, 0.5) is 0 Å². The predicted octanol–water partition coefficient (Wildman–Crippen LogP) is 1.97. The molecule has 4 N–H and O–H groups in total. The summed E-state index contributed by atoms with van der Waals surface area (Å²) in [5.41, 5.74) is 0.105. The molecule has 1 aromatic carbocycles. The lowest BCUT2D eigenvalue weighted by atomic mass is 9.75. The van der Waals surface area contributed by atoms with Crippen LogP contribution in [0.5, 0.6) is 11.5 Å². The summed E-state index contributed by atoms with van der Waals surface area (Å²) < 4.78 is 11.2. The Morgan fingerprint density at radius 1 is 1.17 bits per heavy atom. The van der Waals surface area contributed by atoms with Gasteiger partial charge in [-0.25, -0.2) is 0 Å². The van der Waals surface area contributed by atoms with E-state index in [2.05, 4.69) is 21.3 Å². The number of rotatable bonds is 5. The van der Waals surface area contributed by atoms with Crippen LogP contribution >= 0.6 is 12.4 Å². The summed E-state index contributed by atoms with van der Waals surface area (Å²) in [6.45, 7) is 5.78. The number of fused-ring (bicyclic) bond motifs is 2. The number of carbonyl (C=O) groups excluding carboxylic acids is 3. The molecule has 1 unspecified atom stereocenters. The molecule has 202 valence electrons. The Bertz CT molecular complexity index is 893. The van der Waals surface area contributed by atoms with Crippen molar-refractivity contribution in [3.05, 3.63) is 23.8 Å². The van der Waals surface area contributed by atoms with Gasteiger partial charge < -0.3 is 30.7 Å². The minimum absolute atomic E-state index is 0. The summed E-state index contributed by atoms with van der Waals surface area (Å²) in [4.78, 5) is 38.5. The molecule has 3 rings (SSSR count). The molecule has 0 aromatic heterocycles. The minimum Gasteiger partial charge on any atom is -0.493 e. The van der Waals surface area contributed by atoms with Gasteiger partial charge in [0, 0.05) is 32.1 Å². The van der Waals surface area contributed by atoms with Crippen molar-refractivity contribution >= 4 is 30.1 Å². The monoisotopic (exact) mass is 524 g/mol. The summed E-state index contributed by atoms with van der Waals surface area (Å²) >= 11 is 0. The van der Waals surface area contributed by atoms with Crippen molar-refractivity contribution in [2.24, 2.45) is 11.3 Å². The molecule has 1 heterocycles. The average molecular weight is 525 g/mol. The van der Waals surface area contributed by atoms with E-state index in [0.29, 0.717) is 62.7 Å². The minimum atomic E-state index is -0.784. The molecule has 2 aliphatic rings. The van der Waals surface area contributed by atoms with Gasteiger partial charge in [0.05, 0.1) is 12.5 Å². The first kappa shape index (κ1) is 29.7. The van der Waals surface area contributed by atoms with Gasteiger partial charge in [-0.1, -0.05) is 18.9 Å². The Balaban J connectivity index is 0.00000456. The van der Waals surface area contributed by atoms with Crippen LogP contribution in [0.15, 0.2) is 18.2 Å². The van der Waals surface area contributed by atoms with Gasteiger partial charge in [-0.2, -0.15) is 0 Å². The predicted molar refractivity (Wildman–Crippen MR) is 141 cm³/mol. The molecule has 1 aromatic rings. The van der Waals surface area contributed by atoms with Crippen molar-refractivity contribution in [3.8, 4) is 11.5 Å². The maximum atomic E-state index is 13.6. The number of amides is 3. The van der Waals surface area contributed by atoms with Crippen molar-refractivity contribution in [2.75, 3.05) is 39.9 Å². The van der Waals surface area contributed by atoms with Crippen molar-refractivity contribution in [1.29, 1.82) is 0 Å². The van der Waals surface area contributed by atoms with Crippen LogP contribution in [0, 0.1) is 11.3 Å². The molecule has 1 fully saturated rings. The third kappa shape index (κ3) is 9.17. The topological polar surface area (TPSA) is 118 Å². The number of methoxy groups -OCH3 is 1. The summed E-state index contributed by atoms with van der Waals surface area (Å²) in [7, 11) is 1.55. The molecule has 10 heteroatoms. The number of hydrogen-bond donors (Lipinski definition) is 4. The number of ether oxygens (including phenoxy) is 2. The van der Waals surface area contributed by atoms with Crippen molar-refractivity contribution < 1.29 is 23.9 Å². The van der Waals surface area contributed by atoms with E-state index in [1.165, 1.54) is 0 Å². The summed E-state index contributed by atoms with van der Waals surface area (Å²) in [5.74, 6) is 1.12. The summed E-state index contributed by atoms with van der Waals surface area (Å²) in [6.07, 6.45) is 4.41. The van der Waals surface area contributed by atoms with Gasteiger partial charge in [0.15, 0.2) is 18.1 Å². The van der Waals surface area contributed by atoms with E-state index in [4.69, 9.17) is 9.47 Å². The molecule has 9 nitrogen and oxygen atoms in total.